The van der Waals surface area contributed by atoms with E-state index in [4.69, 9.17) is 8.94 Å². The molecular formula is C13H19N5O2. The van der Waals surface area contributed by atoms with Crippen molar-refractivity contribution in [2.75, 3.05) is 11.9 Å². The van der Waals surface area contributed by atoms with Gasteiger partial charge in [0, 0.05) is 25.3 Å². The highest BCUT2D eigenvalue weighted by Gasteiger charge is 2.25. The standard InChI is InChI=1S/C13H19N5O2/c1-2-4-11-16-17-13(19-11)14-8-7-10-15-12(20-18-10)9-5-3-6-9/h9H,2-8H2,1H3,(H,14,17). The van der Waals surface area contributed by atoms with Crippen LogP contribution in [0.4, 0.5) is 6.01 Å². The van der Waals surface area contributed by atoms with Gasteiger partial charge in [0.1, 0.15) is 0 Å². The molecule has 2 heterocycles. The molecule has 0 bridgehead atoms. The molecule has 0 aliphatic heterocycles. The molecule has 3 rings (SSSR count). The number of anilines is 1. The summed E-state index contributed by atoms with van der Waals surface area (Å²) in [6.45, 7) is 2.73. The summed E-state index contributed by atoms with van der Waals surface area (Å²) in [6, 6.07) is 0.455. The number of aryl methyl sites for hydroxylation is 1. The smallest absolute Gasteiger partial charge is 0.315 e. The summed E-state index contributed by atoms with van der Waals surface area (Å²) in [5.41, 5.74) is 0. The van der Waals surface area contributed by atoms with Crippen LogP contribution in [0.25, 0.3) is 0 Å². The van der Waals surface area contributed by atoms with Gasteiger partial charge in [-0.15, -0.1) is 5.10 Å². The second-order valence-electron chi connectivity index (χ2n) is 5.10. The largest absolute Gasteiger partial charge is 0.408 e. The van der Waals surface area contributed by atoms with Crippen LogP contribution in [0.3, 0.4) is 0 Å². The van der Waals surface area contributed by atoms with E-state index in [1.807, 2.05) is 0 Å². The molecule has 0 atom stereocenters. The maximum atomic E-state index is 5.43. The lowest BCUT2D eigenvalue weighted by Crippen LogP contribution is -2.09. The van der Waals surface area contributed by atoms with E-state index < -0.39 is 0 Å². The van der Waals surface area contributed by atoms with Gasteiger partial charge in [0.2, 0.25) is 11.8 Å². The topological polar surface area (TPSA) is 89.9 Å². The van der Waals surface area contributed by atoms with Crippen molar-refractivity contribution in [1.29, 1.82) is 0 Å². The zero-order valence-electron chi connectivity index (χ0n) is 11.6. The van der Waals surface area contributed by atoms with Crippen molar-refractivity contribution in [3.05, 3.63) is 17.6 Å². The highest BCUT2D eigenvalue weighted by molar-refractivity contribution is 5.17. The molecule has 108 valence electrons. The summed E-state index contributed by atoms with van der Waals surface area (Å²) < 4.78 is 10.7. The van der Waals surface area contributed by atoms with E-state index in [9.17, 15) is 0 Å². The molecule has 2 aromatic rings. The van der Waals surface area contributed by atoms with Crippen LogP contribution >= 0.6 is 0 Å². The van der Waals surface area contributed by atoms with Crippen LogP contribution in [0.5, 0.6) is 0 Å². The molecule has 7 heteroatoms. The Balaban J connectivity index is 1.45. The Bertz CT molecular complexity index is 546. The van der Waals surface area contributed by atoms with Gasteiger partial charge in [-0.2, -0.15) is 4.98 Å². The summed E-state index contributed by atoms with van der Waals surface area (Å²) in [4.78, 5) is 4.41. The first-order chi connectivity index (χ1) is 9.85. The molecule has 1 fully saturated rings. The van der Waals surface area contributed by atoms with Crippen molar-refractivity contribution in [3.63, 3.8) is 0 Å². The van der Waals surface area contributed by atoms with Crippen molar-refractivity contribution in [2.24, 2.45) is 0 Å². The first-order valence-corrected chi connectivity index (χ1v) is 7.24. The third kappa shape index (κ3) is 2.97. The SMILES string of the molecule is CCCc1nnc(NCCc2noc(C3CCC3)n2)o1. The highest BCUT2D eigenvalue weighted by atomic mass is 16.5. The molecule has 1 saturated carbocycles. The van der Waals surface area contributed by atoms with Crippen LogP contribution in [-0.4, -0.2) is 26.9 Å². The van der Waals surface area contributed by atoms with Crippen LogP contribution in [-0.2, 0) is 12.8 Å². The lowest BCUT2D eigenvalue weighted by atomic mass is 9.85. The number of aromatic nitrogens is 4. The molecule has 20 heavy (non-hydrogen) atoms. The van der Waals surface area contributed by atoms with E-state index >= 15 is 0 Å². The van der Waals surface area contributed by atoms with E-state index in [0.717, 1.165) is 24.6 Å². The zero-order chi connectivity index (χ0) is 13.8. The van der Waals surface area contributed by atoms with Crippen molar-refractivity contribution >= 4 is 6.01 Å². The maximum Gasteiger partial charge on any atom is 0.315 e. The van der Waals surface area contributed by atoms with Gasteiger partial charge in [-0.05, 0) is 19.3 Å². The molecule has 0 saturated heterocycles. The summed E-state index contributed by atoms with van der Waals surface area (Å²) in [7, 11) is 0. The maximum absolute atomic E-state index is 5.43. The van der Waals surface area contributed by atoms with E-state index in [2.05, 4.69) is 32.6 Å². The normalized spacial score (nSPS) is 15.2. The molecular weight excluding hydrogens is 258 g/mol. The molecule has 1 N–H and O–H groups in total. The molecule has 0 spiro atoms. The van der Waals surface area contributed by atoms with Gasteiger partial charge < -0.3 is 14.3 Å². The number of rotatable bonds is 7. The molecule has 0 amide bonds. The van der Waals surface area contributed by atoms with Crippen molar-refractivity contribution in [3.8, 4) is 0 Å². The van der Waals surface area contributed by atoms with Crippen LogP contribution < -0.4 is 5.32 Å². The first-order valence-electron chi connectivity index (χ1n) is 7.24. The summed E-state index contributed by atoms with van der Waals surface area (Å²) >= 11 is 0. The van der Waals surface area contributed by atoms with Crippen LogP contribution in [0, 0.1) is 0 Å². The molecule has 0 unspecified atom stereocenters. The average Bonchev–Trinajstić information content (AvgIpc) is 2.98. The number of nitrogens with zero attached hydrogens (tertiary/aromatic N) is 4. The first kappa shape index (κ1) is 13.1. The predicted molar refractivity (Wildman–Crippen MR) is 71.4 cm³/mol. The Morgan fingerprint density at radius 2 is 2.15 bits per heavy atom. The number of hydrogen-bond acceptors (Lipinski definition) is 7. The quantitative estimate of drug-likeness (QED) is 0.830. The van der Waals surface area contributed by atoms with Crippen molar-refractivity contribution in [2.45, 2.75) is 51.4 Å². The molecule has 2 aromatic heterocycles. The Morgan fingerprint density at radius 1 is 1.25 bits per heavy atom. The fraction of sp³-hybridized carbons (Fsp3) is 0.692. The predicted octanol–water partition coefficient (Wildman–Crippen LogP) is 2.33. The fourth-order valence-corrected chi connectivity index (χ4v) is 2.11. The van der Waals surface area contributed by atoms with E-state index in [1.54, 1.807) is 0 Å². The van der Waals surface area contributed by atoms with Crippen LogP contribution in [0.15, 0.2) is 8.94 Å². The molecule has 0 aromatic carbocycles. The Kier molecular flexibility index (Phi) is 3.94. The van der Waals surface area contributed by atoms with Gasteiger partial charge in [-0.1, -0.05) is 23.6 Å². The van der Waals surface area contributed by atoms with Gasteiger partial charge in [0.15, 0.2) is 5.82 Å². The molecule has 1 aliphatic carbocycles. The van der Waals surface area contributed by atoms with Gasteiger partial charge in [-0.25, -0.2) is 0 Å². The molecule has 1 aliphatic rings. The Hall–Kier alpha value is -1.92. The van der Waals surface area contributed by atoms with E-state index in [1.165, 1.54) is 19.3 Å². The highest BCUT2D eigenvalue weighted by Crippen LogP contribution is 2.35. The van der Waals surface area contributed by atoms with Crippen molar-refractivity contribution in [1.82, 2.24) is 20.3 Å². The minimum atomic E-state index is 0.455. The second kappa shape index (κ2) is 6.02. The van der Waals surface area contributed by atoms with E-state index in [-0.39, 0.29) is 0 Å². The van der Waals surface area contributed by atoms with Crippen molar-refractivity contribution < 1.29 is 8.94 Å². The van der Waals surface area contributed by atoms with Crippen LogP contribution in [0.1, 0.15) is 56.1 Å². The lowest BCUT2D eigenvalue weighted by Gasteiger charge is -2.20. The molecule has 0 radical (unpaired) electrons. The van der Waals surface area contributed by atoms with Gasteiger partial charge in [0.05, 0.1) is 0 Å². The van der Waals surface area contributed by atoms with E-state index in [0.29, 0.717) is 30.8 Å². The van der Waals surface area contributed by atoms with Crippen LogP contribution in [0.2, 0.25) is 0 Å². The number of nitrogens with one attached hydrogen (secondary N) is 1. The monoisotopic (exact) mass is 277 g/mol. The summed E-state index contributed by atoms with van der Waals surface area (Å²) in [6.07, 6.45) is 6.09. The van der Waals surface area contributed by atoms with Gasteiger partial charge in [-0.3, -0.25) is 0 Å². The third-order valence-electron chi connectivity index (χ3n) is 3.49. The zero-order valence-corrected chi connectivity index (χ0v) is 11.6. The van der Waals surface area contributed by atoms with Gasteiger partial charge >= 0.3 is 6.01 Å². The summed E-state index contributed by atoms with van der Waals surface area (Å²) in [5.74, 6) is 2.67. The minimum Gasteiger partial charge on any atom is -0.408 e. The lowest BCUT2D eigenvalue weighted by molar-refractivity contribution is 0.291. The van der Waals surface area contributed by atoms with Gasteiger partial charge in [0.25, 0.3) is 0 Å². The minimum absolute atomic E-state index is 0.455. The summed E-state index contributed by atoms with van der Waals surface area (Å²) in [5, 5.41) is 14.9. The Labute approximate surface area is 117 Å². The average molecular weight is 277 g/mol. The fourth-order valence-electron chi connectivity index (χ4n) is 2.11. The third-order valence-corrected chi connectivity index (χ3v) is 3.49. The Morgan fingerprint density at radius 3 is 2.90 bits per heavy atom. The molecule has 7 nitrogen and oxygen atoms in total. The second-order valence-corrected chi connectivity index (χ2v) is 5.10. The number of hydrogen-bond donors (Lipinski definition) is 1.